The van der Waals surface area contributed by atoms with Crippen molar-refractivity contribution >= 4 is 21.5 Å². The molecule has 7 heteroatoms. The standard InChI is InChI=1S/C28H27FO4S2/c1-4-6-22-9-10-24(16-27(22)29)32-17-21-7-5-8-23(15-21)28-19(2)13-25(14-20(28)3)33-35(30,31)26-11-12-34-18-26/h5,7-16,18H,4,6,17H2,1-3H3. The second kappa shape index (κ2) is 10.6. The zero-order valence-electron chi connectivity index (χ0n) is 19.9. The van der Waals surface area contributed by atoms with Gasteiger partial charge in [0, 0.05) is 11.4 Å². The van der Waals surface area contributed by atoms with E-state index in [9.17, 15) is 12.8 Å². The minimum absolute atomic E-state index is 0.148. The number of benzene rings is 3. The summed E-state index contributed by atoms with van der Waals surface area (Å²) >= 11 is 1.30. The monoisotopic (exact) mass is 510 g/mol. The Kier molecular flexibility index (Phi) is 7.57. The highest BCUT2D eigenvalue weighted by molar-refractivity contribution is 7.87. The van der Waals surface area contributed by atoms with Crippen LogP contribution in [0.5, 0.6) is 11.5 Å². The fourth-order valence-corrected chi connectivity index (χ4v) is 5.99. The number of hydrogen-bond acceptors (Lipinski definition) is 5. The predicted molar refractivity (Wildman–Crippen MR) is 138 cm³/mol. The Bertz CT molecular complexity index is 1400. The molecule has 4 rings (SSSR count). The highest BCUT2D eigenvalue weighted by atomic mass is 32.2. The average Bonchev–Trinajstić information content (AvgIpc) is 3.35. The highest BCUT2D eigenvalue weighted by Gasteiger charge is 2.18. The molecule has 0 saturated heterocycles. The maximum atomic E-state index is 14.2. The van der Waals surface area contributed by atoms with Crippen molar-refractivity contribution in [3.8, 4) is 22.6 Å². The summed E-state index contributed by atoms with van der Waals surface area (Å²) < 4.78 is 50.4. The lowest BCUT2D eigenvalue weighted by atomic mass is 9.94. The van der Waals surface area contributed by atoms with E-state index in [2.05, 4.69) is 0 Å². The van der Waals surface area contributed by atoms with Crippen molar-refractivity contribution in [3.63, 3.8) is 0 Å². The van der Waals surface area contributed by atoms with E-state index in [0.717, 1.165) is 34.2 Å². The number of rotatable bonds is 9. The minimum Gasteiger partial charge on any atom is -0.489 e. The quantitative estimate of drug-likeness (QED) is 0.219. The van der Waals surface area contributed by atoms with Crippen LogP contribution in [0.4, 0.5) is 4.39 Å². The van der Waals surface area contributed by atoms with Crippen LogP contribution in [0.1, 0.15) is 35.6 Å². The Balaban J connectivity index is 1.52. The summed E-state index contributed by atoms with van der Waals surface area (Å²) in [4.78, 5) is 0.148. The van der Waals surface area contributed by atoms with Gasteiger partial charge in [0.1, 0.15) is 28.8 Å². The van der Waals surface area contributed by atoms with Gasteiger partial charge in [0.2, 0.25) is 0 Å². The Morgan fingerprint density at radius 1 is 0.943 bits per heavy atom. The van der Waals surface area contributed by atoms with Gasteiger partial charge in [0.15, 0.2) is 0 Å². The van der Waals surface area contributed by atoms with Gasteiger partial charge in [-0.15, -0.1) is 0 Å². The van der Waals surface area contributed by atoms with Crippen molar-refractivity contribution in [1.82, 2.24) is 0 Å². The van der Waals surface area contributed by atoms with E-state index in [-0.39, 0.29) is 16.5 Å². The third-order valence-corrected chi connectivity index (χ3v) is 7.74. The molecule has 1 aromatic heterocycles. The van der Waals surface area contributed by atoms with Crippen LogP contribution in [0.25, 0.3) is 11.1 Å². The molecule has 0 aliphatic carbocycles. The van der Waals surface area contributed by atoms with Crippen molar-refractivity contribution in [2.45, 2.75) is 45.1 Å². The Morgan fingerprint density at radius 3 is 2.37 bits per heavy atom. The first kappa shape index (κ1) is 24.9. The topological polar surface area (TPSA) is 52.6 Å². The fourth-order valence-electron chi connectivity index (χ4n) is 4.07. The van der Waals surface area contributed by atoms with E-state index < -0.39 is 10.1 Å². The van der Waals surface area contributed by atoms with Gasteiger partial charge >= 0.3 is 10.1 Å². The number of thiophene rings is 1. The molecule has 4 aromatic rings. The summed E-state index contributed by atoms with van der Waals surface area (Å²) in [7, 11) is -3.86. The largest absolute Gasteiger partial charge is 0.489 e. The Morgan fingerprint density at radius 2 is 1.71 bits per heavy atom. The van der Waals surface area contributed by atoms with Gasteiger partial charge < -0.3 is 8.92 Å². The molecule has 0 bridgehead atoms. The van der Waals surface area contributed by atoms with Crippen LogP contribution in [-0.2, 0) is 23.1 Å². The van der Waals surface area contributed by atoms with Crippen molar-refractivity contribution < 1.29 is 21.7 Å². The Labute approximate surface area is 210 Å². The predicted octanol–water partition coefficient (Wildman–Crippen LogP) is 7.47. The molecule has 0 unspecified atom stereocenters. The molecule has 0 atom stereocenters. The number of halogens is 1. The lowest BCUT2D eigenvalue weighted by Crippen LogP contribution is -2.09. The third-order valence-electron chi connectivity index (χ3n) is 5.66. The summed E-state index contributed by atoms with van der Waals surface area (Å²) in [5.74, 6) is 0.532. The van der Waals surface area contributed by atoms with Crippen molar-refractivity contribution in [2.24, 2.45) is 0 Å². The molecule has 0 spiro atoms. The molecular weight excluding hydrogens is 483 g/mol. The second-order valence-corrected chi connectivity index (χ2v) is 10.7. The van der Waals surface area contributed by atoms with E-state index in [1.165, 1.54) is 23.5 Å². The van der Waals surface area contributed by atoms with Crippen molar-refractivity contribution in [3.05, 3.63) is 99.5 Å². The van der Waals surface area contributed by atoms with Gasteiger partial charge in [-0.2, -0.15) is 19.8 Å². The number of hydrogen-bond donors (Lipinski definition) is 0. The van der Waals surface area contributed by atoms with Crippen LogP contribution < -0.4 is 8.92 Å². The van der Waals surface area contributed by atoms with Crippen LogP contribution in [-0.4, -0.2) is 8.42 Å². The normalized spacial score (nSPS) is 11.4. The molecule has 0 amide bonds. The summed E-state index contributed by atoms with van der Waals surface area (Å²) in [6, 6.07) is 17.9. The van der Waals surface area contributed by atoms with E-state index in [0.29, 0.717) is 24.3 Å². The van der Waals surface area contributed by atoms with Crippen molar-refractivity contribution in [2.75, 3.05) is 0 Å². The summed E-state index contributed by atoms with van der Waals surface area (Å²) in [6.45, 7) is 6.18. The van der Waals surface area contributed by atoms with Gasteiger partial charge in [-0.25, -0.2) is 4.39 Å². The summed E-state index contributed by atoms with van der Waals surface area (Å²) in [5, 5.41) is 3.25. The minimum atomic E-state index is -3.86. The van der Waals surface area contributed by atoms with Crippen molar-refractivity contribution in [1.29, 1.82) is 0 Å². The van der Waals surface area contributed by atoms with Gasteiger partial charge in [0.05, 0.1) is 0 Å². The zero-order chi connectivity index (χ0) is 25.0. The lowest BCUT2D eigenvalue weighted by molar-refractivity contribution is 0.304. The molecule has 0 radical (unpaired) electrons. The van der Waals surface area contributed by atoms with Crippen LogP contribution >= 0.6 is 11.3 Å². The summed E-state index contributed by atoms with van der Waals surface area (Å²) in [5.41, 5.74) is 5.42. The first-order valence-corrected chi connectivity index (χ1v) is 13.7. The van der Waals surface area contributed by atoms with E-state index in [1.54, 1.807) is 35.0 Å². The lowest BCUT2D eigenvalue weighted by Gasteiger charge is -2.15. The van der Waals surface area contributed by atoms with Gasteiger partial charge in [0.25, 0.3) is 0 Å². The van der Waals surface area contributed by atoms with E-state index in [4.69, 9.17) is 8.92 Å². The maximum absolute atomic E-state index is 14.2. The average molecular weight is 511 g/mol. The molecule has 0 saturated carbocycles. The van der Waals surface area contributed by atoms with Gasteiger partial charge in [-0.1, -0.05) is 37.6 Å². The SMILES string of the molecule is CCCc1ccc(OCc2cccc(-c3c(C)cc(OS(=O)(=O)c4ccsc4)cc3C)c2)cc1F. The van der Waals surface area contributed by atoms with Gasteiger partial charge in [-0.3, -0.25) is 0 Å². The smallest absolute Gasteiger partial charge is 0.340 e. The number of aryl methyl sites for hydroxylation is 3. The molecule has 0 fully saturated rings. The van der Waals surface area contributed by atoms with Crippen LogP contribution in [0.2, 0.25) is 0 Å². The molecule has 4 nitrogen and oxygen atoms in total. The molecular formula is C28H27FO4S2. The Hall–Kier alpha value is -3.16. The maximum Gasteiger partial charge on any atom is 0.340 e. The molecule has 0 N–H and O–H groups in total. The number of ether oxygens (including phenoxy) is 1. The molecule has 182 valence electrons. The summed E-state index contributed by atoms with van der Waals surface area (Å²) in [6.07, 6.45) is 1.59. The zero-order valence-corrected chi connectivity index (χ0v) is 21.5. The molecule has 3 aromatic carbocycles. The van der Waals surface area contributed by atoms with Crippen LogP contribution in [0.3, 0.4) is 0 Å². The molecule has 0 aliphatic rings. The fraction of sp³-hybridized carbons (Fsp3) is 0.214. The van der Waals surface area contributed by atoms with Crippen LogP contribution in [0.15, 0.2) is 76.3 Å². The van der Waals surface area contributed by atoms with Crippen LogP contribution in [0, 0.1) is 19.7 Å². The first-order chi connectivity index (χ1) is 16.8. The molecule has 1 heterocycles. The molecule has 0 aliphatic heterocycles. The van der Waals surface area contributed by atoms with Gasteiger partial charge in [-0.05, 0) is 89.4 Å². The first-order valence-electron chi connectivity index (χ1n) is 11.4. The van der Waals surface area contributed by atoms with E-state index >= 15 is 0 Å². The van der Waals surface area contributed by atoms with E-state index in [1.807, 2.05) is 45.0 Å². The molecule has 35 heavy (non-hydrogen) atoms. The highest BCUT2D eigenvalue weighted by Crippen LogP contribution is 2.33. The second-order valence-electron chi connectivity index (χ2n) is 8.42. The third kappa shape index (κ3) is 5.92.